The third kappa shape index (κ3) is 6.28. The summed E-state index contributed by atoms with van der Waals surface area (Å²) in [6, 6.07) is 0.223. The van der Waals surface area contributed by atoms with Crippen LogP contribution in [-0.4, -0.2) is 25.2 Å². The van der Waals surface area contributed by atoms with Gasteiger partial charge in [0.1, 0.15) is 0 Å². The smallest absolute Gasteiger partial charge is 0.211 e. The lowest BCUT2D eigenvalue weighted by molar-refractivity contribution is 0.171. The highest BCUT2D eigenvalue weighted by Gasteiger charge is 2.31. The van der Waals surface area contributed by atoms with Gasteiger partial charge in [0.05, 0.1) is 6.04 Å². The van der Waals surface area contributed by atoms with Crippen LogP contribution in [0.4, 0.5) is 0 Å². The van der Waals surface area contributed by atoms with Crippen LogP contribution in [0, 0.1) is 11.3 Å². The molecule has 4 heteroatoms. The van der Waals surface area contributed by atoms with Crippen LogP contribution in [0.2, 0.25) is 0 Å². The summed E-state index contributed by atoms with van der Waals surface area (Å²) in [5, 5.41) is 0. The Morgan fingerprint density at radius 1 is 1.19 bits per heavy atom. The average molecular weight is 224 g/mol. The van der Waals surface area contributed by atoms with E-state index in [9.17, 15) is 4.79 Å². The molecule has 4 nitrogen and oxygen atoms in total. The second-order valence-corrected chi connectivity index (χ2v) is 5.10. The van der Waals surface area contributed by atoms with E-state index in [1.807, 2.05) is 0 Å². The van der Waals surface area contributed by atoms with Crippen molar-refractivity contribution in [2.75, 3.05) is 7.05 Å². The molecule has 0 amide bonds. The fraction of sp³-hybridized carbons (Fsp3) is 0.833. The quantitative estimate of drug-likeness (QED) is 0.507. The molecule has 1 fully saturated rings. The monoisotopic (exact) mass is 224 g/mol. The van der Waals surface area contributed by atoms with E-state index in [1.54, 1.807) is 6.08 Å². The van der Waals surface area contributed by atoms with Crippen molar-refractivity contribution >= 4 is 12.2 Å². The van der Waals surface area contributed by atoms with E-state index in [0.29, 0.717) is 11.3 Å². The first-order valence-electron chi connectivity index (χ1n) is 5.48. The summed E-state index contributed by atoms with van der Waals surface area (Å²) in [5.41, 5.74) is 0.350. The summed E-state index contributed by atoms with van der Waals surface area (Å²) in [4.78, 5) is 25.7. The van der Waals surface area contributed by atoms with E-state index in [-0.39, 0.29) is 6.04 Å². The molecule has 0 heterocycles. The Morgan fingerprint density at radius 3 is 2.12 bits per heavy atom. The maximum atomic E-state index is 10.1. The van der Waals surface area contributed by atoms with Crippen LogP contribution in [0.1, 0.15) is 40.0 Å². The van der Waals surface area contributed by atoms with Crippen LogP contribution < -0.4 is 0 Å². The van der Waals surface area contributed by atoms with Crippen molar-refractivity contribution in [2.24, 2.45) is 21.3 Å². The van der Waals surface area contributed by atoms with Gasteiger partial charge in [-0.1, -0.05) is 20.8 Å². The van der Waals surface area contributed by atoms with Crippen LogP contribution in [-0.2, 0) is 9.59 Å². The molecular formula is C12H20N2O2. The summed E-state index contributed by atoms with van der Waals surface area (Å²) in [7, 11) is 1.38. The van der Waals surface area contributed by atoms with Gasteiger partial charge in [-0.05, 0) is 30.6 Å². The molecule has 0 aromatic heterocycles. The third-order valence-electron chi connectivity index (χ3n) is 2.69. The standard InChI is InChI=1S/C10H17NO.C2H3NO/c1-8-4-9(11-7-12)6-10(2,3)5-8;1-3-2-4/h8-9H,4-6H2,1-3H3;1H3. The zero-order chi connectivity index (χ0) is 12.6. The fourth-order valence-corrected chi connectivity index (χ4v) is 2.47. The molecule has 0 aromatic rings. The third-order valence-corrected chi connectivity index (χ3v) is 2.69. The number of rotatable bonds is 1. The van der Waals surface area contributed by atoms with E-state index < -0.39 is 0 Å². The largest absolute Gasteiger partial charge is 0.235 e. The highest BCUT2D eigenvalue weighted by molar-refractivity contribution is 5.33. The zero-order valence-corrected chi connectivity index (χ0v) is 10.5. The van der Waals surface area contributed by atoms with Gasteiger partial charge < -0.3 is 0 Å². The first-order valence-corrected chi connectivity index (χ1v) is 5.48. The van der Waals surface area contributed by atoms with E-state index >= 15 is 0 Å². The second-order valence-electron chi connectivity index (χ2n) is 5.10. The molecule has 1 rings (SSSR count). The zero-order valence-electron chi connectivity index (χ0n) is 10.5. The molecule has 16 heavy (non-hydrogen) atoms. The van der Waals surface area contributed by atoms with Gasteiger partial charge in [0.25, 0.3) is 0 Å². The van der Waals surface area contributed by atoms with Gasteiger partial charge in [0.15, 0.2) is 0 Å². The Hall–Kier alpha value is -1.24. The van der Waals surface area contributed by atoms with E-state index in [2.05, 4.69) is 30.8 Å². The molecule has 0 saturated heterocycles. The van der Waals surface area contributed by atoms with E-state index in [0.717, 1.165) is 12.8 Å². The Kier molecular flexibility index (Phi) is 6.55. The maximum Gasteiger partial charge on any atom is 0.235 e. The first-order chi connectivity index (χ1) is 7.45. The second kappa shape index (κ2) is 7.10. The summed E-state index contributed by atoms with van der Waals surface area (Å²) in [6.45, 7) is 6.72. The van der Waals surface area contributed by atoms with Crippen molar-refractivity contribution in [1.29, 1.82) is 0 Å². The number of aliphatic imine (C=N–C) groups is 2. The van der Waals surface area contributed by atoms with Gasteiger partial charge in [-0.2, -0.15) is 0 Å². The summed E-state index contributed by atoms with van der Waals surface area (Å²) in [5.74, 6) is 0.691. The first kappa shape index (κ1) is 14.8. The molecule has 0 aromatic carbocycles. The maximum absolute atomic E-state index is 10.1. The molecule has 2 atom stereocenters. The van der Waals surface area contributed by atoms with Gasteiger partial charge >= 0.3 is 0 Å². The highest BCUT2D eigenvalue weighted by atomic mass is 16.1. The Balaban J connectivity index is 0.000000487. The molecule has 0 radical (unpaired) electrons. The SMILES string of the molecule is CC1CC(N=C=O)CC(C)(C)C1.CN=C=O. The Bertz CT molecular complexity index is 300. The number of nitrogens with zero attached hydrogens (tertiary/aromatic N) is 2. The van der Waals surface area contributed by atoms with Crippen LogP contribution in [0.15, 0.2) is 9.98 Å². The molecule has 1 aliphatic carbocycles. The van der Waals surface area contributed by atoms with Gasteiger partial charge in [-0.25, -0.2) is 19.6 Å². The minimum Gasteiger partial charge on any atom is -0.211 e. The topological polar surface area (TPSA) is 58.9 Å². The van der Waals surface area contributed by atoms with Crippen molar-refractivity contribution in [2.45, 2.75) is 46.1 Å². The van der Waals surface area contributed by atoms with Gasteiger partial charge in [-0.15, -0.1) is 0 Å². The number of hydrogen-bond acceptors (Lipinski definition) is 4. The minimum atomic E-state index is 0.223. The Labute approximate surface area is 96.9 Å². The lowest BCUT2D eigenvalue weighted by atomic mass is 9.71. The number of carbonyl (C=O) groups excluding carboxylic acids is 2. The molecule has 1 aliphatic rings. The summed E-state index contributed by atoms with van der Waals surface area (Å²) >= 11 is 0. The predicted molar refractivity (Wildman–Crippen MR) is 62.8 cm³/mol. The molecular weight excluding hydrogens is 204 g/mol. The van der Waals surface area contributed by atoms with Crippen LogP contribution in [0.25, 0.3) is 0 Å². The average Bonchev–Trinajstić information content (AvgIpc) is 2.15. The van der Waals surface area contributed by atoms with Gasteiger partial charge in [0.2, 0.25) is 12.2 Å². The Morgan fingerprint density at radius 2 is 1.75 bits per heavy atom. The van der Waals surface area contributed by atoms with Crippen molar-refractivity contribution in [3.63, 3.8) is 0 Å². The molecule has 2 unspecified atom stereocenters. The fourth-order valence-electron chi connectivity index (χ4n) is 2.47. The van der Waals surface area contributed by atoms with E-state index in [4.69, 9.17) is 4.79 Å². The minimum absolute atomic E-state index is 0.223. The van der Waals surface area contributed by atoms with Gasteiger partial charge in [-0.3, -0.25) is 0 Å². The van der Waals surface area contributed by atoms with Crippen LogP contribution >= 0.6 is 0 Å². The summed E-state index contributed by atoms with van der Waals surface area (Å²) in [6.07, 6.45) is 6.31. The number of isocyanates is 2. The molecule has 0 spiro atoms. The molecule has 1 saturated carbocycles. The lowest BCUT2D eigenvalue weighted by Gasteiger charge is -2.36. The van der Waals surface area contributed by atoms with Crippen LogP contribution in [0.5, 0.6) is 0 Å². The normalized spacial score (nSPS) is 26.5. The van der Waals surface area contributed by atoms with Gasteiger partial charge in [0, 0.05) is 7.05 Å². The van der Waals surface area contributed by atoms with Crippen LogP contribution in [0.3, 0.4) is 0 Å². The highest BCUT2D eigenvalue weighted by Crippen LogP contribution is 2.39. The molecule has 0 N–H and O–H groups in total. The van der Waals surface area contributed by atoms with Crippen molar-refractivity contribution in [3.8, 4) is 0 Å². The predicted octanol–water partition coefficient (Wildman–Crippen LogP) is 2.49. The van der Waals surface area contributed by atoms with Crippen molar-refractivity contribution in [3.05, 3.63) is 0 Å². The van der Waals surface area contributed by atoms with E-state index in [1.165, 1.54) is 19.5 Å². The lowest BCUT2D eigenvalue weighted by Crippen LogP contribution is -2.29. The summed E-state index contributed by atoms with van der Waals surface area (Å²) < 4.78 is 0. The number of hydrogen-bond donors (Lipinski definition) is 0. The molecule has 0 bridgehead atoms. The van der Waals surface area contributed by atoms with Crippen molar-refractivity contribution in [1.82, 2.24) is 0 Å². The van der Waals surface area contributed by atoms with Crippen molar-refractivity contribution < 1.29 is 9.59 Å². The molecule has 90 valence electrons. The molecule has 0 aliphatic heterocycles.